The molecular weight excluding hydrogens is 371 g/mol. The first-order valence-corrected chi connectivity index (χ1v) is 9.07. The van der Waals surface area contributed by atoms with Gasteiger partial charge in [-0.2, -0.15) is 13.2 Å². The quantitative estimate of drug-likeness (QED) is 0.570. The molecule has 0 saturated heterocycles. The SMILES string of the molecule is O=c1oc2c3c(ccc2c2c1CCC2)OCN(c1ccc(C(F)(F)F)cc1)C3. The molecule has 0 fully saturated rings. The molecule has 2 aliphatic rings. The van der Waals surface area contributed by atoms with Crippen LogP contribution in [0.3, 0.4) is 0 Å². The number of hydrogen-bond donors (Lipinski definition) is 0. The molecule has 7 heteroatoms. The monoisotopic (exact) mass is 387 g/mol. The lowest BCUT2D eigenvalue weighted by Gasteiger charge is -2.31. The van der Waals surface area contributed by atoms with Crippen LogP contribution in [0.1, 0.15) is 28.7 Å². The average molecular weight is 387 g/mol. The molecular formula is C21H16F3NO3. The molecule has 0 amide bonds. The molecule has 0 atom stereocenters. The standard InChI is InChI=1S/C21H16F3NO3/c22-21(23,24)12-4-6-13(7-5-12)25-10-17-18(27-11-25)9-8-15-14-2-1-3-16(14)20(26)28-19(15)17/h4-9H,1-3,10-11H2. The largest absolute Gasteiger partial charge is 0.473 e. The van der Waals surface area contributed by atoms with E-state index in [-0.39, 0.29) is 12.4 Å². The van der Waals surface area contributed by atoms with E-state index in [2.05, 4.69) is 0 Å². The molecule has 0 radical (unpaired) electrons. The molecule has 0 spiro atoms. The first kappa shape index (κ1) is 17.2. The third-order valence-electron chi connectivity index (χ3n) is 5.49. The average Bonchev–Trinajstić information content (AvgIpc) is 3.18. The number of fused-ring (bicyclic) bond motifs is 5. The molecule has 0 saturated carbocycles. The van der Waals surface area contributed by atoms with E-state index in [9.17, 15) is 18.0 Å². The Morgan fingerprint density at radius 2 is 1.68 bits per heavy atom. The van der Waals surface area contributed by atoms with Crippen LogP contribution in [-0.4, -0.2) is 6.73 Å². The maximum absolute atomic E-state index is 12.8. The van der Waals surface area contributed by atoms with Crippen LogP contribution in [0.15, 0.2) is 45.6 Å². The Balaban J connectivity index is 1.55. The van der Waals surface area contributed by atoms with Gasteiger partial charge in [0.1, 0.15) is 11.3 Å². The predicted molar refractivity (Wildman–Crippen MR) is 97.6 cm³/mol. The van der Waals surface area contributed by atoms with Gasteiger partial charge in [0.2, 0.25) is 0 Å². The van der Waals surface area contributed by atoms with Gasteiger partial charge < -0.3 is 14.1 Å². The molecule has 0 bridgehead atoms. The number of anilines is 1. The number of alkyl halides is 3. The van der Waals surface area contributed by atoms with Gasteiger partial charge in [-0.05, 0) is 61.2 Å². The number of rotatable bonds is 1. The van der Waals surface area contributed by atoms with Gasteiger partial charge in [0.15, 0.2) is 6.73 Å². The molecule has 3 aromatic rings. The van der Waals surface area contributed by atoms with E-state index in [4.69, 9.17) is 9.15 Å². The Hall–Kier alpha value is -2.96. The minimum Gasteiger partial charge on any atom is -0.473 e. The van der Waals surface area contributed by atoms with Crippen molar-refractivity contribution in [2.45, 2.75) is 32.0 Å². The highest BCUT2D eigenvalue weighted by atomic mass is 19.4. The Morgan fingerprint density at radius 1 is 0.929 bits per heavy atom. The molecule has 144 valence electrons. The van der Waals surface area contributed by atoms with Crippen LogP contribution in [0, 0.1) is 0 Å². The fourth-order valence-electron chi connectivity index (χ4n) is 4.08. The third-order valence-corrected chi connectivity index (χ3v) is 5.49. The van der Waals surface area contributed by atoms with Gasteiger partial charge in [0.05, 0.1) is 17.7 Å². The summed E-state index contributed by atoms with van der Waals surface area (Å²) in [6.07, 6.45) is -1.85. The molecule has 1 aromatic heterocycles. The van der Waals surface area contributed by atoms with Crippen LogP contribution in [0.5, 0.6) is 5.75 Å². The van der Waals surface area contributed by atoms with E-state index < -0.39 is 11.7 Å². The number of ether oxygens (including phenoxy) is 1. The number of benzene rings is 2. The second kappa shape index (κ2) is 6.02. The normalized spacial score (nSPS) is 16.0. The van der Waals surface area contributed by atoms with Gasteiger partial charge in [0.25, 0.3) is 0 Å². The van der Waals surface area contributed by atoms with Crippen molar-refractivity contribution in [2.24, 2.45) is 0 Å². The summed E-state index contributed by atoms with van der Waals surface area (Å²) >= 11 is 0. The minimum absolute atomic E-state index is 0.207. The highest BCUT2D eigenvalue weighted by Gasteiger charge is 2.31. The summed E-state index contributed by atoms with van der Waals surface area (Å²) in [5.41, 5.74) is 2.67. The second-order valence-corrected chi connectivity index (χ2v) is 7.14. The van der Waals surface area contributed by atoms with Crippen molar-refractivity contribution in [3.05, 3.63) is 69.1 Å². The topological polar surface area (TPSA) is 42.7 Å². The minimum atomic E-state index is -4.37. The van der Waals surface area contributed by atoms with Gasteiger partial charge in [-0.15, -0.1) is 0 Å². The predicted octanol–water partition coefficient (Wildman–Crippen LogP) is 4.66. The van der Waals surface area contributed by atoms with Crippen LogP contribution in [0.25, 0.3) is 11.0 Å². The number of aryl methyl sites for hydroxylation is 1. The van der Waals surface area contributed by atoms with Crippen molar-refractivity contribution < 1.29 is 22.3 Å². The van der Waals surface area contributed by atoms with Crippen LogP contribution in [0.2, 0.25) is 0 Å². The van der Waals surface area contributed by atoms with Crippen LogP contribution >= 0.6 is 0 Å². The van der Waals surface area contributed by atoms with E-state index in [0.29, 0.717) is 23.6 Å². The van der Waals surface area contributed by atoms with E-state index in [0.717, 1.165) is 53.5 Å². The Bertz CT molecular complexity index is 1130. The molecule has 5 rings (SSSR count). The molecule has 2 heterocycles. The van der Waals surface area contributed by atoms with Gasteiger partial charge >= 0.3 is 11.8 Å². The molecule has 1 aliphatic carbocycles. The Labute approximate surface area is 158 Å². The summed E-state index contributed by atoms with van der Waals surface area (Å²) in [6.45, 7) is 0.596. The lowest BCUT2D eigenvalue weighted by Crippen LogP contribution is -2.32. The van der Waals surface area contributed by atoms with E-state index >= 15 is 0 Å². The first-order valence-electron chi connectivity index (χ1n) is 9.07. The van der Waals surface area contributed by atoms with Crippen LogP contribution in [0.4, 0.5) is 18.9 Å². The van der Waals surface area contributed by atoms with E-state index in [1.54, 1.807) is 0 Å². The number of halogens is 3. The molecule has 4 nitrogen and oxygen atoms in total. The van der Waals surface area contributed by atoms with Crippen molar-refractivity contribution in [1.82, 2.24) is 0 Å². The highest BCUT2D eigenvalue weighted by molar-refractivity contribution is 5.87. The zero-order valence-corrected chi connectivity index (χ0v) is 14.8. The van der Waals surface area contributed by atoms with Gasteiger partial charge in [-0.3, -0.25) is 0 Å². The van der Waals surface area contributed by atoms with Crippen molar-refractivity contribution in [3.8, 4) is 5.75 Å². The third kappa shape index (κ3) is 2.65. The molecule has 2 aromatic carbocycles. The summed E-state index contributed by atoms with van der Waals surface area (Å²) in [5.74, 6) is 0.636. The van der Waals surface area contributed by atoms with Crippen molar-refractivity contribution in [1.29, 1.82) is 0 Å². The summed E-state index contributed by atoms with van der Waals surface area (Å²) in [5, 5.41) is 0.920. The maximum atomic E-state index is 12.8. The first-order chi connectivity index (χ1) is 13.4. The lowest BCUT2D eigenvalue weighted by molar-refractivity contribution is -0.137. The molecule has 1 aliphatic heterocycles. The van der Waals surface area contributed by atoms with Gasteiger partial charge in [-0.25, -0.2) is 4.79 Å². The second-order valence-electron chi connectivity index (χ2n) is 7.14. The van der Waals surface area contributed by atoms with Crippen molar-refractivity contribution in [2.75, 3.05) is 11.6 Å². The number of nitrogens with zero attached hydrogens (tertiary/aromatic N) is 1. The Morgan fingerprint density at radius 3 is 2.43 bits per heavy atom. The highest BCUT2D eigenvalue weighted by Crippen LogP contribution is 2.37. The fraction of sp³-hybridized carbons (Fsp3) is 0.286. The van der Waals surface area contributed by atoms with Crippen molar-refractivity contribution in [3.63, 3.8) is 0 Å². The van der Waals surface area contributed by atoms with Crippen LogP contribution in [-0.2, 0) is 25.6 Å². The molecule has 0 N–H and O–H groups in total. The van der Waals surface area contributed by atoms with Crippen LogP contribution < -0.4 is 15.3 Å². The Kier molecular flexibility index (Phi) is 3.69. The zero-order valence-electron chi connectivity index (χ0n) is 14.8. The molecule has 28 heavy (non-hydrogen) atoms. The number of hydrogen-bond acceptors (Lipinski definition) is 4. The zero-order chi connectivity index (χ0) is 19.5. The summed E-state index contributed by atoms with van der Waals surface area (Å²) in [4.78, 5) is 14.2. The van der Waals surface area contributed by atoms with Gasteiger partial charge in [-0.1, -0.05) is 0 Å². The van der Waals surface area contributed by atoms with E-state index in [1.807, 2.05) is 17.0 Å². The lowest BCUT2D eigenvalue weighted by atomic mass is 10.0. The fourth-order valence-corrected chi connectivity index (χ4v) is 4.08. The van der Waals surface area contributed by atoms with Gasteiger partial charge in [0, 0.05) is 16.6 Å². The summed E-state index contributed by atoms with van der Waals surface area (Å²) in [7, 11) is 0. The summed E-state index contributed by atoms with van der Waals surface area (Å²) in [6, 6.07) is 8.77. The van der Waals surface area contributed by atoms with Crippen molar-refractivity contribution >= 4 is 16.7 Å². The maximum Gasteiger partial charge on any atom is 0.416 e. The summed E-state index contributed by atoms with van der Waals surface area (Å²) < 4.78 is 49.8. The van der Waals surface area contributed by atoms with E-state index in [1.165, 1.54) is 12.1 Å². The smallest absolute Gasteiger partial charge is 0.416 e. The molecule has 0 unspecified atom stereocenters.